The van der Waals surface area contributed by atoms with E-state index in [1.54, 1.807) is 0 Å². The maximum absolute atomic E-state index is 9.98. The number of halogens is 1. The Kier molecular flexibility index (Phi) is 7.88. The second-order valence-corrected chi connectivity index (χ2v) is 6.96. The van der Waals surface area contributed by atoms with Crippen molar-refractivity contribution in [1.29, 1.82) is 0 Å². The van der Waals surface area contributed by atoms with E-state index in [4.69, 9.17) is 0 Å². The molecule has 0 aliphatic heterocycles. The lowest BCUT2D eigenvalue weighted by atomic mass is 10.0. The Hall–Kier alpha value is -0.420. The third-order valence-corrected chi connectivity index (χ3v) is 4.25. The van der Waals surface area contributed by atoms with E-state index >= 15 is 0 Å². The molecular formula is C17H29BrN2O. The summed E-state index contributed by atoms with van der Waals surface area (Å²) in [4.78, 5) is 2.31. The molecule has 0 radical (unpaired) electrons. The fourth-order valence-corrected chi connectivity index (χ4v) is 3.14. The first-order valence-electron chi connectivity index (χ1n) is 7.80. The molecule has 3 nitrogen and oxygen atoms in total. The predicted octanol–water partition coefficient (Wildman–Crippen LogP) is 3.58. The van der Waals surface area contributed by atoms with Crippen molar-refractivity contribution < 1.29 is 5.11 Å². The lowest BCUT2D eigenvalue weighted by Gasteiger charge is -2.30. The van der Waals surface area contributed by atoms with Crippen LogP contribution >= 0.6 is 15.9 Å². The molecule has 0 aliphatic carbocycles. The molecule has 4 heteroatoms. The molecule has 2 N–H and O–H groups in total. The second-order valence-electron chi connectivity index (χ2n) is 6.10. The molecule has 0 saturated carbocycles. The highest BCUT2D eigenvalue weighted by atomic mass is 79.9. The van der Waals surface area contributed by atoms with Crippen LogP contribution < -0.4 is 5.32 Å². The molecule has 0 saturated heterocycles. The van der Waals surface area contributed by atoms with Crippen molar-refractivity contribution in [2.45, 2.75) is 45.8 Å². The van der Waals surface area contributed by atoms with Gasteiger partial charge in [0, 0.05) is 23.6 Å². The minimum Gasteiger partial charge on any atom is -0.389 e. The van der Waals surface area contributed by atoms with Gasteiger partial charge < -0.3 is 15.3 Å². The molecular weight excluding hydrogens is 328 g/mol. The van der Waals surface area contributed by atoms with E-state index < -0.39 is 5.60 Å². The highest BCUT2D eigenvalue weighted by Crippen LogP contribution is 2.25. The molecule has 0 aliphatic rings. The first-order valence-corrected chi connectivity index (χ1v) is 8.59. The van der Waals surface area contributed by atoms with E-state index in [-0.39, 0.29) is 0 Å². The Balaban J connectivity index is 2.69. The summed E-state index contributed by atoms with van der Waals surface area (Å²) in [6.45, 7) is 11.6. The molecule has 1 unspecified atom stereocenters. The van der Waals surface area contributed by atoms with Crippen molar-refractivity contribution in [3.8, 4) is 0 Å². The van der Waals surface area contributed by atoms with Gasteiger partial charge in [-0.15, -0.1) is 0 Å². The van der Waals surface area contributed by atoms with Crippen LogP contribution in [0.3, 0.4) is 0 Å². The Labute approximate surface area is 137 Å². The molecule has 0 fully saturated rings. The average molecular weight is 357 g/mol. The number of hydrogen-bond donors (Lipinski definition) is 2. The normalized spacial score (nSPS) is 13.7. The van der Waals surface area contributed by atoms with Crippen LogP contribution in [-0.2, 0) is 0 Å². The lowest BCUT2D eigenvalue weighted by molar-refractivity contribution is 0.0366. The number of aliphatic hydroxyl groups is 1. The molecule has 0 amide bonds. The van der Waals surface area contributed by atoms with Gasteiger partial charge in [0.15, 0.2) is 0 Å². The van der Waals surface area contributed by atoms with Gasteiger partial charge in [-0.05, 0) is 45.0 Å². The SMILES string of the molecule is CCNC(CCN(CC)CC(C)(C)O)c1ccccc1Br. The number of benzene rings is 1. The van der Waals surface area contributed by atoms with E-state index in [2.05, 4.69) is 58.2 Å². The number of hydrogen-bond acceptors (Lipinski definition) is 3. The zero-order valence-corrected chi connectivity index (χ0v) is 15.3. The van der Waals surface area contributed by atoms with Crippen LogP contribution in [0.25, 0.3) is 0 Å². The number of likely N-dealkylation sites (N-methyl/N-ethyl adjacent to an activating group) is 1. The minimum absolute atomic E-state index is 0.335. The summed E-state index contributed by atoms with van der Waals surface area (Å²) in [5.41, 5.74) is 0.662. The van der Waals surface area contributed by atoms with Gasteiger partial charge in [0.2, 0.25) is 0 Å². The fourth-order valence-electron chi connectivity index (χ4n) is 2.58. The van der Waals surface area contributed by atoms with Crippen molar-refractivity contribution in [2.75, 3.05) is 26.2 Å². The van der Waals surface area contributed by atoms with Crippen LogP contribution in [0.4, 0.5) is 0 Å². The van der Waals surface area contributed by atoms with Gasteiger partial charge in [-0.25, -0.2) is 0 Å². The third-order valence-electron chi connectivity index (χ3n) is 3.52. The standard InChI is InChI=1S/C17H29BrN2O/c1-5-19-16(14-9-7-8-10-15(14)18)11-12-20(6-2)13-17(3,4)21/h7-10,16,19,21H,5-6,11-13H2,1-4H3. The van der Waals surface area contributed by atoms with Crippen LogP contribution in [0.2, 0.25) is 0 Å². The second kappa shape index (κ2) is 8.89. The number of nitrogens with zero attached hydrogens (tertiary/aromatic N) is 1. The summed E-state index contributed by atoms with van der Waals surface area (Å²) in [7, 11) is 0. The molecule has 0 aromatic heterocycles. The first-order chi connectivity index (χ1) is 9.87. The highest BCUT2D eigenvalue weighted by molar-refractivity contribution is 9.10. The van der Waals surface area contributed by atoms with E-state index in [9.17, 15) is 5.11 Å². The molecule has 1 aromatic carbocycles. The maximum Gasteiger partial charge on any atom is 0.0718 e. The van der Waals surface area contributed by atoms with Crippen LogP contribution in [0.1, 0.15) is 45.7 Å². The van der Waals surface area contributed by atoms with Gasteiger partial charge in [0.05, 0.1) is 5.60 Å². The number of rotatable bonds is 9. The smallest absolute Gasteiger partial charge is 0.0718 e. The average Bonchev–Trinajstić information content (AvgIpc) is 2.41. The third kappa shape index (κ3) is 6.92. The van der Waals surface area contributed by atoms with Crippen molar-refractivity contribution in [1.82, 2.24) is 10.2 Å². The van der Waals surface area contributed by atoms with Crippen LogP contribution in [0.5, 0.6) is 0 Å². The van der Waals surface area contributed by atoms with Gasteiger partial charge in [-0.1, -0.05) is 48.0 Å². The van der Waals surface area contributed by atoms with Crippen LogP contribution in [-0.4, -0.2) is 41.8 Å². The van der Waals surface area contributed by atoms with Gasteiger partial charge in [-0.2, -0.15) is 0 Å². The van der Waals surface area contributed by atoms with Crippen LogP contribution in [0.15, 0.2) is 28.7 Å². The first kappa shape index (κ1) is 18.6. The Morgan fingerprint density at radius 1 is 1.29 bits per heavy atom. The zero-order chi connectivity index (χ0) is 15.9. The molecule has 1 atom stereocenters. The molecule has 0 bridgehead atoms. The predicted molar refractivity (Wildman–Crippen MR) is 93.6 cm³/mol. The van der Waals surface area contributed by atoms with Gasteiger partial charge in [0.1, 0.15) is 0 Å². The van der Waals surface area contributed by atoms with Crippen LogP contribution in [0, 0.1) is 0 Å². The van der Waals surface area contributed by atoms with Crippen molar-refractivity contribution >= 4 is 15.9 Å². The largest absolute Gasteiger partial charge is 0.389 e. The van der Waals surface area contributed by atoms with E-state index in [0.717, 1.165) is 30.5 Å². The van der Waals surface area contributed by atoms with Crippen molar-refractivity contribution in [3.05, 3.63) is 34.3 Å². The summed E-state index contributed by atoms with van der Waals surface area (Å²) in [6, 6.07) is 8.72. The zero-order valence-electron chi connectivity index (χ0n) is 13.7. The van der Waals surface area contributed by atoms with Gasteiger partial charge in [-0.3, -0.25) is 0 Å². The maximum atomic E-state index is 9.98. The van der Waals surface area contributed by atoms with Crippen molar-refractivity contribution in [2.24, 2.45) is 0 Å². The molecule has 21 heavy (non-hydrogen) atoms. The summed E-state index contributed by atoms with van der Waals surface area (Å²) in [5.74, 6) is 0. The molecule has 1 aromatic rings. The van der Waals surface area contributed by atoms with Crippen molar-refractivity contribution in [3.63, 3.8) is 0 Å². The highest BCUT2D eigenvalue weighted by Gasteiger charge is 2.19. The summed E-state index contributed by atoms with van der Waals surface area (Å²) in [5, 5.41) is 13.5. The Morgan fingerprint density at radius 2 is 1.95 bits per heavy atom. The molecule has 0 spiro atoms. The van der Waals surface area contributed by atoms with E-state index in [1.807, 2.05) is 19.9 Å². The fraction of sp³-hybridized carbons (Fsp3) is 0.647. The number of nitrogens with one attached hydrogen (secondary N) is 1. The summed E-state index contributed by atoms with van der Waals surface area (Å²) in [6.07, 6.45) is 1.03. The van der Waals surface area contributed by atoms with Gasteiger partial charge in [0.25, 0.3) is 0 Å². The van der Waals surface area contributed by atoms with E-state index in [1.165, 1.54) is 5.56 Å². The summed E-state index contributed by atoms with van der Waals surface area (Å²) >= 11 is 3.65. The molecule has 0 heterocycles. The topological polar surface area (TPSA) is 35.5 Å². The lowest BCUT2D eigenvalue weighted by Crippen LogP contribution is -2.40. The minimum atomic E-state index is -0.642. The molecule has 1 rings (SSSR count). The van der Waals surface area contributed by atoms with E-state index in [0.29, 0.717) is 12.6 Å². The Bertz CT molecular complexity index is 417. The van der Waals surface area contributed by atoms with Gasteiger partial charge >= 0.3 is 0 Å². The quantitative estimate of drug-likeness (QED) is 0.709. The Morgan fingerprint density at radius 3 is 2.48 bits per heavy atom. The molecule has 120 valence electrons. The summed E-state index contributed by atoms with van der Waals surface area (Å²) < 4.78 is 1.15. The monoisotopic (exact) mass is 356 g/mol.